The highest BCUT2D eigenvalue weighted by Crippen LogP contribution is 2.29. The molecule has 2 aromatic carbocycles. The highest BCUT2D eigenvalue weighted by atomic mass is 19.1. The molecule has 1 N–H and O–H groups in total. The minimum atomic E-state index is -0.466. The molecule has 1 heterocycles. The lowest BCUT2D eigenvalue weighted by atomic mass is 10.1. The molecule has 3 nitrogen and oxygen atoms in total. The summed E-state index contributed by atoms with van der Waals surface area (Å²) < 4.78 is 24.9. The van der Waals surface area contributed by atoms with Crippen LogP contribution >= 0.6 is 0 Å². The SMILES string of the molecule is OCc1cccc(F)c1OCC1Cc2ccccc2O1. The van der Waals surface area contributed by atoms with Gasteiger partial charge in [0.05, 0.1) is 6.61 Å². The molecule has 0 radical (unpaired) electrons. The average Bonchev–Trinajstić information content (AvgIpc) is 2.88. The first-order valence-electron chi connectivity index (χ1n) is 6.53. The number of aliphatic hydroxyl groups is 1. The van der Waals surface area contributed by atoms with E-state index in [0.29, 0.717) is 5.56 Å². The van der Waals surface area contributed by atoms with Crippen LogP contribution in [0.4, 0.5) is 4.39 Å². The Morgan fingerprint density at radius 1 is 1.20 bits per heavy atom. The lowest BCUT2D eigenvalue weighted by Crippen LogP contribution is -2.23. The zero-order valence-electron chi connectivity index (χ0n) is 10.9. The quantitative estimate of drug-likeness (QED) is 0.931. The summed E-state index contributed by atoms with van der Waals surface area (Å²) in [5.74, 6) is 0.499. The Morgan fingerprint density at radius 3 is 2.85 bits per heavy atom. The molecule has 4 heteroatoms. The van der Waals surface area contributed by atoms with Crippen molar-refractivity contribution in [3.05, 3.63) is 59.4 Å². The summed E-state index contributed by atoms with van der Waals surface area (Å²) in [6, 6.07) is 12.3. The summed E-state index contributed by atoms with van der Waals surface area (Å²) in [5.41, 5.74) is 1.58. The van der Waals surface area contributed by atoms with Crippen LogP contribution in [0.1, 0.15) is 11.1 Å². The van der Waals surface area contributed by atoms with Crippen LogP contribution in [-0.2, 0) is 13.0 Å². The smallest absolute Gasteiger partial charge is 0.165 e. The first-order chi connectivity index (χ1) is 9.78. The van der Waals surface area contributed by atoms with Crippen molar-refractivity contribution in [1.82, 2.24) is 0 Å². The van der Waals surface area contributed by atoms with Crippen LogP contribution in [-0.4, -0.2) is 17.8 Å². The molecule has 0 spiro atoms. The van der Waals surface area contributed by atoms with Gasteiger partial charge in [-0.25, -0.2) is 4.39 Å². The summed E-state index contributed by atoms with van der Waals surface area (Å²) in [7, 11) is 0. The second-order valence-corrected chi connectivity index (χ2v) is 4.75. The fourth-order valence-corrected chi connectivity index (χ4v) is 2.36. The van der Waals surface area contributed by atoms with E-state index in [9.17, 15) is 9.50 Å². The van der Waals surface area contributed by atoms with Crippen LogP contribution in [0.5, 0.6) is 11.5 Å². The molecule has 0 aliphatic carbocycles. The predicted molar refractivity (Wildman–Crippen MR) is 72.4 cm³/mol. The largest absolute Gasteiger partial charge is 0.486 e. The van der Waals surface area contributed by atoms with Gasteiger partial charge in [-0.2, -0.15) is 0 Å². The maximum atomic E-state index is 13.7. The minimum absolute atomic E-state index is 0.106. The lowest BCUT2D eigenvalue weighted by Gasteiger charge is -2.15. The molecular formula is C16H15FO3. The van der Waals surface area contributed by atoms with Gasteiger partial charge in [0.15, 0.2) is 11.6 Å². The van der Waals surface area contributed by atoms with Gasteiger partial charge in [0.25, 0.3) is 0 Å². The van der Waals surface area contributed by atoms with Crippen molar-refractivity contribution in [2.24, 2.45) is 0 Å². The van der Waals surface area contributed by atoms with Crippen molar-refractivity contribution in [1.29, 1.82) is 0 Å². The van der Waals surface area contributed by atoms with Crippen molar-refractivity contribution in [3.63, 3.8) is 0 Å². The number of halogens is 1. The van der Waals surface area contributed by atoms with E-state index in [1.807, 2.05) is 24.3 Å². The van der Waals surface area contributed by atoms with E-state index in [1.54, 1.807) is 12.1 Å². The van der Waals surface area contributed by atoms with Gasteiger partial charge in [0.2, 0.25) is 0 Å². The van der Waals surface area contributed by atoms with Crippen LogP contribution in [0.25, 0.3) is 0 Å². The Balaban J connectivity index is 1.67. The van der Waals surface area contributed by atoms with Crippen molar-refractivity contribution in [2.45, 2.75) is 19.1 Å². The third-order valence-corrected chi connectivity index (χ3v) is 3.35. The van der Waals surface area contributed by atoms with Gasteiger partial charge in [0.1, 0.15) is 18.5 Å². The summed E-state index contributed by atoms with van der Waals surface area (Å²) in [5, 5.41) is 9.20. The standard InChI is InChI=1S/C16H15FO3/c17-14-6-3-5-12(9-18)16(14)19-10-13-8-11-4-1-2-7-15(11)20-13/h1-7,13,18H,8-10H2. The third-order valence-electron chi connectivity index (χ3n) is 3.35. The zero-order chi connectivity index (χ0) is 13.9. The van der Waals surface area contributed by atoms with Crippen molar-refractivity contribution >= 4 is 0 Å². The van der Waals surface area contributed by atoms with Gasteiger partial charge in [0, 0.05) is 12.0 Å². The van der Waals surface area contributed by atoms with E-state index in [2.05, 4.69) is 0 Å². The van der Waals surface area contributed by atoms with Gasteiger partial charge in [-0.15, -0.1) is 0 Å². The molecule has 0 aromatic heterocycles. The molecule has 3 rings (SSSR count). The van der Waals surface area contributed by atoms with Crippen LogP contribution < -0.4 is 9.47 Å². The highest BCUT2D eigenvalue weighted by Gasteiger charge is 2.23. The second kappa shape index (κ2) is 5.51. The predicted octanol–water partition coefficient (Wildman–Crippen LogP) is 2.70. The molecule has 0 saturated carbocycles. The molecule has 2 aromatic rings. The summed E-state index contributed by atoms with van der Waals surface area (Å²) in [6.07, 6.45) is 0.623. The highest BCUT2D eigenvalue weighted by molar-refractivity contribution is 5.38. The maximum absolute atomic E-state index is 13.7. The normalized spacial score (nSPS) is 16.6. The van der Waals surface area contributed by atoms with Gasteiger partial charge >= 0.3 is 0 Å². The third kappa shape index (κ3) is 2.47. The lowest BCUT2D eigenvalue weighted by molar-refractivity contribution is 0.142. The minimum Gasteiger partial charge on any atom is -0.486 e. The molecule has 0 amide bonds. The number of hydrogen-bond acceptors (Lipinski definition) is 3. The maximum Gasteiger partial charge on any atom is 0.165 e. The summed E-state index contributed by atoms with van der Waals surface area (Å²) in [6.45, 7) is 0.00144. The van der Waals surface area contributed by atoms with E-state index >= 15 is 0 Å². The number of aliphatic hydroxyl groups excluding tert-OH is 1. The monoisotopic (exact) mass is 274 g/mol. The van der Waals surface area contributed by atoms with Crippen molar-refractivity contribution in [2.75, 3.05) is 6.61 Å². The Labute approximate surface area is 116 Å². The molecule has 1 unspecified atom stereocenters. The van der Waals surface area contributed by atoms with Gasteiger partial charge < -0.3 is 14.6 Å². The number of fused-ring (bicyclic) bond motifs is 1. The molecule has 1 aliphatic heterocycles. The van der Waals surface area contributed by atoms with Crippen LogP contribution in [0.3, 0.4) is 0 Å². The Morgan fingerprint density at radius 2 is 2.05 bits per heavy atom. The molecule has 0 fully saturated rings. The number of benzene rings is 2. The molecule has 1 aliphatic rings. The van der Waals surface area contributed by atoms with Gasteiger partial charge in [-0.1, -0.05) is 30.3 Å². The Bertz CT molecular complexity index is 587. The van der Waals surface area contributed by atoms with Crippen LogP contribution in [0.15, 0.2) is 42.5 Å². The Kier molecular flexibility index (Phi) is 3.56. The first kappa shape index (κ1) is 12.9. The second-order valence-electron chi connectivity index (χ2n) is 4.75. The zero-order valence-corrected chi connectivity index (χ0v) is 10.9. The van der Waals surface area contributed by atoms with E-state index in [1.165, 1.54) is 6.07 Å². The number of rotatable bonds is 4. The van der Waals surface area contributed by atoms with E-state index in [0.717, 1.165) is 17.7 Å². The van der Waals surface area contributed by atoms with Crippen LogP contribution in [0.2, 0.25) is 0 Å². The van der Waals surface area contributed by atoms with Crippen LogP contribution in [0, 0.1) is 5.82 Å². The summed E-state index contributed by atoms with van der Waals surface area (Å²) >= 11 is 0. The fourth-order valence-electron chi connectivity index (χ4n) is 2.36. The molecule has 0 bridgehead atoms. The number of ether oxygens (including phenoxy) is 2. The van der Waals surface area contributed by atoms with Gasteiger partial charge in [-0.3, -0.25) is 0 Å². The topological polar surface area (TPSA) is 38.7 Å². The number of hydrogen-bond donors (Lipinski definition) is 1. The van der Waals surface area contributed by atoms with E-state index in [-0.39, 0.29) is 25.1 Å². The van der Waals surface area contributed by atoms with Gasteiger partial charge in [-0.05, 0) is 17.7 Å². The Hall–Kier alpha value is -2.07. The molecular weight excluding hydrogens is 259 g/mol. The van der Waals surface area contributed by atoms with Crippen molar-refractivity contribution in [3.8, 4) is 11.5 Å². The van der Waals surface area contributed by atoms with Crippen molar-refractivity contribution < 1.29 is 19.0 Å². The average molecular weight is 274 g/mol. The summed E-state index contributed by atoms with van der Waals surface area (Å²) in [4.78, 5) is 0. The van der Waals surface area contributed by atoms with E-state index < -0.39 is 5.82 Å². The molecule has 20 heavy (non-hydrogen) atoms. The van der Waals surface area contributed by atoms with E-state index in [4.69, 9.17) is 9.47 Å². The molecule has 104 valence electrons. The first-order valence-corrected chi connectivity index (χ1v) is 6.53. The molecule has 1 atom stereocenters. The fraction of sp³-hybridized carbons (Fsp3) is 0.250. The number of para-hydroxylation sites is 2. The molecule has 0 saturated heterocycles.